The molecule has 0 atom stereocenters. The second-order valence-corrected chi connectivity index (χ2v) is 6.02. The summed E-state index contributed by atoms with van der Waals surface area (Å²) in [6.45, 7) is 5.14. The van der Waals surface area contributed by atoms with Gasteiger partial charge in [-0.25, -0.2) is 9.67 Å². The highest BCUT2D eigenvalue weighted by Gasteiger charge is 2.52. The van der Waals surface area contributed by atoms with Crippen LogP contribution in [-0.2, 0) is 9.31 Å². The summed E-state index contributed by atoms with van der Waals surface area (Å²) >= 11 is 0. The Morgan fingerprint density at radius 3 is 2.57 bits per heavy atom. The van der Waals surface area contributed by atoms with Gasteiger partial charge in [0.05, 0.1) is 25.7 Å². The Morgan fingerprint density at radius 1 is 1.24 bits per heavy atom. The van der Waals surface area contributed by atoms with Gasteiger partial charge in [-0.3, -0.25) is 0 Å². The van der Waals surface area contributed by atoms with E-state index >= 15 is 0 Å². The summed E-state index contributed by atoms with van der Waals surface area (Å²) in [5.41, 5.74) is -0.965. The molecule has 0 N–H and O–H groups in total. The third-order valence-corrected chi connectivity index (χ3v) is 3.95. The highest BCUT2D eigenvalue weighted by molar-refractivity contribution is 6.61. The zero-order valence-corrected chi connectivity index (χ0v) is 12.5. The first-order valence-electron chi connectivity index (χ1n) is 9.23. The lowest BCUT2D eigenvalue weighted by Crippen LogP contribution is -2.41. The van der Waals surface area contributed by atoms with Crippen molar-refractivity contribution in [1.29, 1.82) is 0 Å². The molecule has 2 aromatic rings. The van der Waals surface area contributed by atoms with Gasteiger partial charge in [-0.15, -0.1) is 0 Å². The van der Waals surface area contributed by atoms with E-state index in [-0.39, 0.29) is 12.0 Å². The summed E-state index contributed by atoms with van der Waals surface area (Å²) in [6.07, 6.45) is -0.841. The van der Waals surface area contributed by atoms with Gasteiger partial charge in [-0.05, 0) is 52.2 Å². The lowest BCUT2D eigenvalue weighted by atomic mass is 9.84. The van der Waals surface area contributed by atoms with E-state index in [1.807, 2.05) is 27.7 Å². The van der Waals surface area contributed by atoms with Gasteiger partial charge in [-0.1, -0.05) is 6.07 Å². The second kappa shape index (κ2) is 4.68. The molecular formula is C15H20BN3O2. The van der Waals surface area contributed by atoms with Crippen LogP contribution in [0.25, 0.3) is 5.82 Å². The molecule has 1 saturated heterocycles. The van der Waals surface area contributed by atoms with Gasteiger partial charge in [0.15, 0.2) is 5.82 Å². The van der Waals surface area contributed by atoms with Crippen LogP contribution < -0.4 is 5.59 Å². The van der Waals surface area contributed by atoms with Crippen molar-refractivity contribution in [3.8, 4) is 5.82 Å². The normalized spacial score (nSPS) is 24.0. The zero-order chi connectivity index (χ0) is 19.5. The molecule has 0 bridgehead atoms. The van der Waals surface area contributed by atoms with Crippen molar-refractivity contribution in [2.75, 3.05) is 0 Å². The van der Waals surface area contributed by atoms with Crippen molar-refractivity contribution in [1.82, 2.24) is 14.8 Å². The van der Waals surface area contributed by atoms with Crippen molar-refractivity contribution in [3.05, 3.63) is 36.1 Å². The predicted molar refractivity (Wildman–Crippen MR) is 81.8 cm³/mol. The zero-order valence-electron chi connectivity index (χ0n) is 17.5. The molecule has 1 aliphatic heterocycles. The minimum Gasteiger partial charge on any atom is -0.398 e. The predicted octanol–water partition coefficient (Wildman–Crippen LogP) is 1.87. The van der Waals surface area contributed by atoms with E-state index in [4.69, 9.17) is 16.2 Å². The molecule has 3 rings (SSSR count). The molecule has 2 aromatic heterocycles. The Morgan fingerprint density at radius 2 is 1.95 bits per heavy atom. The van der Waals surface area contributed by atoms with Gasteiger partial charge >= 0.3 is 7.12 Å². The smallest absolute Gasteiger partial charge is 0.398 e. The van der Waals surface area contributed by atoms with Crippen LogP contribution in [0.4, 0.5) is 0 Å². The van der Waals surface area contributed by atoms with Gasteiger partial charge in [-0.2, -0.15) is 5.10 Å². The Labute approximate surface area is 132 Å². The third kappa shape index (κ3) is 2.49. The van der Waals surface area contributed by atoms with Gasteiger partial charge < -0.3 is 9.31 Å². The fourth-order valence-electron chi connectivity index (χ4n) is 2.02. The van der Waals surface area contributed by atoms with Crippen LogP contribution in [0.3, 0.4) is 0 Å². The number of hydrogen-bond acceptors (Lipinski definition) is 4. The summed E-state index contributed by atoms with van der Waals surface area (Å²) in [5, 5.41) is 3.86. The third-order valence-electron chi connectivity index (χ3n) is 3.95. The summed E-state index contributed by atoms with van der Waals surface area (Å²) < 4.78 is 51.3. The SMILES string of the molecule is [2H]c1nn(-c2cccc(B3OC(C)(C)C(C)(C)O3)n2)c([2H])c1C([2H])([2H])[2H]. The Kier molecular flexibility index (Phi) is 2.09. The minimum atomic E-state index is -2.59. The number of hydrogen-bond donors (Lipinski definition) is 0. The molecule has 21 heavy (non-hydrogen) atoms. The van der Waals surface area contributed by atoms with E-state index in [1.165, 1.54) is 0 Å². The van der Waals surface area contributed by atoms with Crippen LogP contribution in [0.15, 0.2) is 30.5 Å². The van der Waals surface area contributed by atoms with Crippen molar-refractivity contribution < 1.29 is 16.2 Å². The number of aromatic nitrogens is 3. The quantitative estimate of drug-likeness (QED) is 0.792. The van der Waals surface area contributed by atoms with E-state index in [0.29, 0.717) is 5.59 Å². The summed E-state index contributed by atoms with van der Waals surface area (Å²) in [7, 11) is -0.692. The van der Waals surface area contributed by atoms with Gasteiger partial charge in [0.25, 0.3) is 0 Å². The summed E-state index contributed by atoms with van der Waals surface area (Å²) in [4.78, 5) is 4.42. The van der Waals surface area contributed by atoms with E-state index in [9.17, 15) is 0 Å². The van der Waals surface area contributed by atoms with Crippen LogP contribution in [0.2, 0.25) is 0 Å². The summed E-state index contributed by atoms with van der Waals surface area (Å²) in [5.74, 6) is 0.228. The molecule has 5 nitrogen and oxygen atoms in total. The standard InChI is InChI=1S/C15H20BN3O2/c1-11-9-17-19(10-11)13-8-6-7-12(18-13)16-20-14(2,3)15(4,5)21-16/h6-10H,1-5H3/i1D3,9D,10D. The molecule has 0 radical (unpaired) electrons. The van der Waals surface area contributed by atoms with Gasteiger partial charge in [0.1, 0.15) is 0 Å². The number of rotatable bonds is 2. The molecule has 0 spiro atoms. The monoisotopic (exact) mass is 290 g/mol. The molecule has 0 unspecified atom stereocenters. The summed E-state index contributed by atoms with van der Waals surface area (Å²) in [6, 6.07) is 5.01. The maximum Gasteiger partial charge on any atom is 0.514 e. The first-order valence-corrected chi connectivity index (χ1v) is 6.73. The molecule has 0 amide bonds. The van der Waals surface area contributed by atoms with E-state index in [1.54, 1.807) is 18.2 Å². The largest absolute Gasteiger partial charge is 0.514 e. The molecular weight excluding hydrogens is 265 g/mol. The Balaban J connectivity index is 2.00. The van der Waals surface area contributed by atoms with E-state index in [0.717, 1.165) is 4.68 Å². The average Bonchev–Trinajstić information content (AvgIpc) is 2.91. The number of nitrogens with zero attached hydrogens (tertiary/aromatic N) is 3. The highest BCUT2D eigenvalue weighted by atomic mass is 16.7. The van der Waals surface area contributed by atoms with Crippen molar-refractivity contribution >= 4 is 12.7 Å². The first-order chi connectivity index (χ1) is 11.8. The molecule has 0 aliphatic carbocycles. The van der Waals surface area contributed by atoms with Crippen LogP contribution >= 0.6 is 0 Å². The maximum atomic E-state index is 8.08. The topological polar surface area (TPSA) is 49.2 Å². The molecule has 6 heteroatoms. The van der Waals surface area contributed by atoms with Crippen molar-refractivity contribution in [2.24, 2.45) is 0 Å². The Bertz CT molecular complexity index is 834. The molecule has 0 saturated carbocycles. The fraction of sp³-hybridized carbons (Fsp3) is 0.467. The van der Waals surface area contributed by atoms with Gasteiger partial charge in [0.2, 0.25) is 0 Å². The molecule has 1 fully saturated rings. The molecule has 3 heterocycles. The fourth-order valence-corrected chi connectivity index (χ4v) is 2.02. The van der Waals surface area contributed by atoms with Crippen LogP contribution in [0, 0.1) is 6.85 Å². The van der Waals surface area contributed by atoms with E-state index in [2.05, 4.69) is 10.1 Å². The van der Waals surface area contributed by atoms with E-state index < -0.39 is 36.9 Å². The second-order valence-electron chi connectivity index (χ2n) is 6.02. The van der Waals surface area contributed by atoms with Crippen molar-refractivity contribution in [2.45, 2.75) is 45.7 Å². The maximum absolute atomic E-state index is 8.08. The molecule has 110 valence electrons. The lowest BCUT2D eigenvalue weighted by Gasteiger charge is -2.32. The highest BCUT2D eigenvalue weighted by Crippen LogP contribution is 2.36. The minimum absolute atomic E-state index is 0.228. The average molecular weight is 290 g/mol. The van der Waals surface area contributed by atoms with Crippen molar-refractivity contribution in [3.63, 3.8) is 0 Å². The van der Waals surface area contributed by atoms with Crippen LogP contribution in [-0.4, -0.2) is 33.1 Å². The molecule has 1 aliphatic rings. The first kappa shape index (κ1) is 9.38. The number of pyridine rings is 1. The molecule has 0 aromatic carbocycles. The van der Waals surface area contributed by atoms with Crippen LogP contribution in [0.1, 0.15) is 40.1 Å². The van der Waals surface area contributed by atoms with Gasteiger partial charge in [0, 0.05) is 10.3 Å². The lowest BCUT2D eigenvalue weighted by molar-refractivity contribution is 0.00578. The van der Waals surface area contributed by atoms with Crippen LogP contribution in [0.5, 0.6) is 0 Å². The Hall–Kier alpha value is -1.66.